The molecule has 7 unspecified atom stereocenters. The van der Waals surface area contributed by atoms with E-state index >= 15 is 0 Å². The largest absolute Gasteiger partial charge is 0.459 e. The first-order valence-electron chi connectivity index (χ1n) is 17.7. The second-order valence-electron chi connectivity index (χ2n) is 14.7. The number of ether oxygens (including phenoxy) is 5. The van der Waals surface area contributed by atoms with Crippen molar-refractivity contribution >= 4 is 20.1 Å². The maximum absolute atomic E-state index is 12.9. The minimum absolute atomic E-state index is 0.0453. The summed E-state index contributed by atoms with van der Waals surface area (Å²) in [4.78, 5) is 25.3. The van der Waals surface area contributed by atoms with Gasteiger partial charge in [0.15, 0.2) is 20.9 Å². The summed E-state index contributed by atoms with van der Waals surface area (Å²) in [5.74, 6) is 0.609. The molecule has 0 bridgehead atoms. The van der Waals surface area contributed by atoms with Crippen LogP contribution in [0.2, 0.25) is 18.1 Å². The molecule has 7 atom stereocenters. The number of unbranched alkanes of at least 4 members (excludes halogenated alkanes) is 2. The molecule has 0 radical (unpaired) electrons. The molecule has 1 heterocycles. The van der Waals surface area contributed by atoms with Gasteiger partial charge in [-0.2, -0.15) is 0 Å². The van der Waals surface area contributed by atoms with Crippen LogP contribution in [0.15, 0.2) is 30.3 Å². The van der Waals surface area contributed by atoms with Crippen molar-refractivity contribution < 1.29 is 42.8 Å². The number of Topliss-reactive ketones (excluding diaryl/α,β-unsaturated/α-hetero) is 1. The van der Waals surface area contributed by atoms with Crippen LogP contribution in [-0.4, -0.2) is 83.0 Å². The van der Waals surface area contributed by atoms with Gasteiger partial charge in [0.1, 0.15) is 12.4 Å². The zero-order chi connectivity index (χ0) is 35.0. The molecule has 1 aromatic rings. The Balaban J connectivity index is 1.77. The molecule has 1 fully saturated rings. The first kappa shape index (κ1) is 41.5. The maximum atomic E-state index is 12.9. The number of hydrogen-bond acceptors (Lipinski definition) is 9. The Hall–Kier alpha value is -1.66. The monoisotopic (exact) mass is 680 g/mol. The summed E-state index contributed by atoms with van der Waals surface area (Å²) in [7, 11) is -2.06. The van der Waals surface area contributed by atoms with Gasteiger partial charge in [0.2, 0.25) is 0 Å². The highest BCUT2D eigenvalue weighted by molar-refractivity contribution is 6.74. The molecule has 270 valence electrons. The fourth-order valence-corrected chi connectivity index (χ4v) is 6.65. The van der Waals surface area contributed by atoms with Crippen LogP contribution in [0.4, 0.5) is 0 Å². The van der Waals surface area contributed by atoms with Crippen molar-refractivity contribution in [2.45, 2.75) is 136 Å². The van der Waals surface area contributed by atoms with Crippen LogP contribution < -0.4 is 0 Å². The van der Waals surface area contributed by atoms with Crippen LogP contribution in [0.25, 0.3) is 0 Å². The number of ketones is 1. The Bertz CT molecular complexity index is 1030. The Kier molecular flexibility index (Phi) is 18.3. The lowest BCUT2D eigenvalue weighted by Crippen LogP contribution is -2.48. The van der Waals surface area contributed by atoms with E-state index in [2.05, 4.69) is 54.6 Å². The SMILES string of the molecule is CC(OCCCCO)OCC(CCC(=O)CCCCOC1OC(COC(=O)c2ccccc2)C(C)C(C)C1C)O[Si](C)(C)C(C)(C)C. The van der Waals surface area contributed by atoms with Crippen LogP contribution >= 0.6 is 0 Å². The third kappa shape index (κ3) is 14.8. The van der Waals surface area contributed by atoms with Gasteiger partial charge in [0, 0.05) is 38.6 Å². The van der Waals surface area contributed by atoms with Crippen LogP contribution in [0, 0.1) is 17.8 Å². The van der Waals surface area contributed by atoms with E-state index in [9.17, 15) is 9.59 Å². The smallest absolute Gasteiger partial charge is 0.338 e. The summed E-state index contributed by atoms with van der Waals surface area (Å²) < 4.78 is 36.4. The summed E-state index contributed by atoms with van der Waals surface area (Å²) in [6.45, 7) is 21.1. The van der Waals surface area contributed by atoms with E-state index < -0.39 is 8.32 Å². The number of rotatable bonds is 22. The van der Waals surface area contributed by atoms with E-state index in [0.717, 1.165) is 19.3 Å². The first-order valence-corrected chi connectivity index (χ1v) is 20.6. The van der Waals surface area contributed by atoms with Gasteiger partial charge in [-0.25, -0.2) is 4.79 Å². The van der Waals surface area contributed by atoms with Gasteiger partial charge in [-0.1, -0.05) is 59.7 Å². The normalized spacial score (nSPS) is 23.3. The summed E-state index contributed by atoms with van der Waals surface area (Å²) in [5, 5.41) is 9.01. The lowest BCUT2D eigenvalue weighted by atomic mass is 9.79. The number of aliphatic hydroxyl groups excluding tert-OH is 1. The number of carbonyl (C=O) groups excluding carboxylic acids is 2. The predicted octanol–water partition coefficient (Wildman–Crippen LogP) is 7.55. The Morgan fingerprint density at radius 1 is 0.915 bits per heavy atom. The number of benzene rings is 1. The molecule has 0 aromatic heterocycles. The average Bonchev–Trinajstić information content (AvgIpc) is 3.03. The Labute approximate surface area is 285 Å². The van der Waals surface area contributed by atoms with Crippen molar-refractivity contribution in [1.82, 2.24) is 0 Å². The second-order valence-corrected chi connectivity index (χ2v) is 19.4. The van der Waals surface area contributed by atoms with E-state index in [1.54, 1.807) is 12.1 Å². The van der Waals surface area contributed by atoms with Crippen molar-refractivity contribution in [3.8, 4) is 0 Å². The zero-order valence-electron chi connectivity index (χ0n) is 30.6. The molecule has 9 nitrogen and oxygen atoms in total. The summed E-state index contributed by atoms with van der Waals surface area (Å²) in [5.41, 5.74) is 0.525. The van der Waals surface area contributed by atoms with Crippen LogP contribution in [0.1, 0.15) is 104 Å². The predicted molar refractivity (Wildman–Crippen MR) is 187 cm³/mol. The molecule has 1 aromatic carbocycles. The molecular weight excluding hydrogens is 616 g/mol. The molecule has 0 saturated carbocycles. The lowest BCUT2D eigenvalue weighted by Gasteiger charge is -2.43. The quantitative estimate of drug-likeness (QED) is 0.0574. The highest BCUT2D eigenvalue weighted by Gasteiger charge is 2.41. The molecule has 0 aliphatic carbocycles. The van der Waals surface area contributed by atoms with Gasteiger partial charge in [-0.05, 0) is 81.1 Å². The Morgan fingerprint density at radius 3 is 2.26 bits per heavy atom. The van der Waals surface area contributed by atoms with Crippen molar-refractivity contribution in [3.63, 3.8) is 0 Å². The van der Waals surface area contributed by atoms with Gasteiger partial charge in [0.05, 0.1) is 24.4 Å². The molecule has 0 spiro atoms. The minimum Gasteiger partial charge on any atom is -0.459 e. The molecule has 1 aliphatic rings. The number of hydrogen-bond donors (Lipinski definition) is 1. The van der Waals surface area contributed by atoms with Gasteiger partial charge < -0.3 is 33.2 Å². The number of carbonyl (C=O) groups is 2. The first-order chi connectivity index (χ1) is 22.2. The molecule has 1 saturated heterocycles. The van der Waals surface area contributed by atoms with E-state index in [1.165, 1.54) is 0 Å². The minimum atomic E-state index is -2.06. The van der Waals surface area contributed by atoms with Gasteiger partial charge >= 0.3 is 5.97 Å². The van der Waals surface area contributed by atoms with Crippen LogP contribution in [0.5, 0.6) is 0 Å². The van der Waals surface area contributed by atoms with Crippen molar-refractivity contribution in [3.05, 3.63) is 35.9 Å². The van der Waals surface area contributed by atoms with Crippen LogP contribution in [0.3, 0.4) is 0 Å². The van der Waals surface area contributed by atoms with Gasteiger partial charge in [-0.3, -0.25) is 4.79 Å². The molecule has 0 amide bonds. The van der Waals surface area contributed by atoms with Crippen molar-refractivity contribution in [2.24, 2.45) is 17.8 Å². The van der Waals surface area contributed by atoms with E-state index in [1.807, 2.05) is 25.1 Å². The van der Waals surface area contributed by atoms with Crippen molar-refractivity contribution in [1.29, 1.82) is 0 Å². The van der Waals surface area contributed by atoms with E-state index in [-0.39, 0.29) is 66.6 Å². The summed E-state index contributed by atoms with van der Waals surface area (Å²) in [6, 6.07) is 8.98. The molecule has 2 rings (SSSR count). The van der Waals surface area contributed by atoms with E-state index in [4.69, 9.17) is 33.2 Å². The number of aliphatic hydroxyl groups is 1. The average molecular weight is 681 g/mol. The Morgan fingerprint density at radius 2 is 1.60 bits per heavy atom. The highest BCUT2D eigenvalue weighted by Crippen LogP contribution is 2.38. The third-order valence-electron chi connectivity index (χ3n) is 9.94. The molecule has 47 heavy (non-hydrogen) atoms. The standard InChI is InChI=1S/C37H64O9Si/c1-27-28(2)34(26-44-35(40)31-17-11-10-12-18-31)45-36(29(27)3)42-24-15-13-19-32(39)20-21-33(46-47(8,9)37(5,6)7)25-43-30(4)41-23-16-14-22-38/h10-12,17-18,27-30,33-34,36,38H,13-16,19-26H2,1-9H3. The topological polar surface area (TPSA) is 110 Å². The van der Waals surface area contributed by atoms with Crippen LogP contribution in [-0.2, 0) is 32.9 Å². The fraction of sp³-hybridized carbons (Fsp3) is 0.784. The fourth-order valence-electron chi connectivity index (χ4n) is 5.28. The molecule has 1 aliphatic heterocycles. The van der Waals surface area contributed by atoms with Gasteiger partial charge in [-0.15, -0.1) is 0 Å². The summed E-state index contributed by atoms with van der Waals surface area (Å²) >= 11 is 0. The van der Waals surface area contributed by atoms with E-state index in [0.29, 0.717) is 57.0 Å². The maximum Gasteiger partial charge on any atom is 0.338 e. The van der Waals surface area contributed by atoms with Gasteiger partial charge in [0.25, 0.3) is 0 Å². The molecule has 1 N–H and O–H groups in total. The molecular formula is C37H64O9Si. The summed E-state index contributed by atoms with van der Waals surface area (Å²) in [6.07, 6.45) is 3.35. The van der Waals surface area contributed by atoms with Crippen molar-refractivity contribution in [2.75, 3.05) is 33.0 Å². The number of esters is 1. The lowest BCUT2D eigenvalue weighted by molar-refractivity contribution is -0.254. The third-order valence-corrected chi connectivity index (χ3v) is 14.5. The zero-order valence-corrected chi connectivity index (χ0v) is 31.6. The molecule has 10 heteroatoms. The second kappa shape index (κ2) is 20.8. The highest BCUT2D eigenvalue weighted by atomic mass is 28.4.